The second-order valence-electron chi connectivity index (χ2n) is 7.23. The minimum atomic E-state index is -0.733. The van der Waals surface area contributed by atoms with E-state index in [1.807, 2.05) is 0 Å². The van der Waals surface area contributed by atoms with Gasteiger partial charge in [0.05, 0.1) is 0 Å². The maximum Gasteiger partial charge on any atom is 0.185 e. The predicted octanol–water partition coefficient (Wildman–Crippen LogP) is 4.39. The first kappa shape index (κ1) is 25.5. The Bertz CT molecular complexity index is 1070. The molecule has 3 aromatic rings. The van der Waals surface area contributed by atoms with Crippen LogP contribution in [0.4, 0.5) is 0 Å². The fourth-order valence-corrected chi connectivity index (χ4v) is 3.06. The van der Waals surface area contributed by atoms with Gasteiger partial charge in [-0.25, -0.2) is 0 Å². The molecule has 6 N–H and O–H groups in total. The number of nitrogens with two attached hydrogens (primary N) is 1. The van der Waals surface area contributed by atoms with Crippen LogP contribution in [0.1, 0.15) is 0 Å². The molecular formula is C24H26Cl2N4O4. The standard InChI is InChI=1S/C24H26Cl2N4O4/c25-16-1-5-19(6-2-16)33-22-10-9-21(13-23(22)34-20-7-3-17(26)4-8-20)32-15-18(31)14-29-11-12-30-24(27)28/h1-10,13,18,29,31H,11-12,14-15H2,(H4,27,28,30)/t18-/m1/s1. The molecule has 10 heteroatoms. The number of ether oxygens (including phenoxy) is 3. The van der Waals surface area contributed by atoms with Crippen molar-refractivity contribution >= 4 is 29.2 Å². The van der Waals surface area contributed by atoms with Crippen molar-refractivity contribution in [1.82, 2.24) is 10.6 Å². The fraction of sp³-hybridized carbons (Fsp3) is 0.208. The summed E-state index contributed by atoms with van der Waals surface area (Å²) in [6.45, 7) is 1.44. The lowest BCUT2D eigenvalue weighted by molar-refractivity contribution is 0.106. The first-order valence-electron chi connectivity index (χ1n) is 10.5. The summed E-state index contributed by atoms with van der Waals surface area (Å²) < 4.78 is 17.7. The second kappa shape index (κ2) is 12.9. The van der Waals surface area contributed by atoms with Crippen LogP contribution in [0.3, 0.4) is 0 Å². The monoisotopic (exact) mass is 504 g/mol. The molecule has 0 fully saturated rings. The predicted molar refractivity (Wildman–Crippen MR) is 134 cm³/mol. The second-order valence-corrected chi connectivity index (χ2v) is 8.10. The molecule has 0 heterocycles. The van der Waals surface area contributed by atoms with Crippen LogP contribution in [0.25, 0.3) is 0 Å². The number of nitrogens with one attached hydrogen (secondary N) is 3. The van der Waals surface area contributed by atoms with Crippen LogP contribution in [-0.4, -0.2) is 43.4 Å². The van der Waals surface area contributed by atoms with Crippen molar-refractivity contribution in [3.63, 3.8) is 0 Å². The van der Waals surface area contributed by atoms with Crippen LogP contribution in [0.5, 0.6) is 28.7 Å². The number of aliphatic hydroxyl groups is 1. The van der Waals surface area contributed by atoms with E-state index >= 15 is 0 Å². The summed E-state index contributed by atoms with van der Waals surface area (Å²) in [4.78, 5) is 0. The largest absolute Gasteiger partial charge is 0.491 e. The van der Waals surface area contributed by atoms with E-state index in [1.54, 1.807) is 66.7 Å². The molecule has 0 aliphatic heterocycles. The Morgan fingerprint density at radius 1 is 0.853 bits per heavy atom. The molecule has 3 aromatic carbocycles. The molecule has 0 spiro atoms. The molecule has 0 unspecified atom stereocenters. The van der Waals surface area contributed by atoms with E-state index < -0.39 is 6.10 Å². The van der Waals surface area contributed by atoms with Crippen LogP contribution in [-0.2, 0) is 0 Å². The van der Waals surface area contributed by atoms with Crippen molar-refractivity contribution < 1.29 is 19.3 Å². The third-order valence-electron chi connectivity index (χ3n) is 4.44. The SMILES string of the molecule is N=C(N)NCCNC[C@@H](O)COc1ccc(Oc2ccc(Cl)cc2)c(Oc2ccc(Cl)cc2)c1. The highest BCUT2D eigenvalue weighted by atomic mass is 35.5. The lowest BCUT2D eigenvalue weighted by Crippen LogP contribution is -2.39. The van der Waals surface area contributed by atoms with Gasteiger partial charge in [0.2, 0.25) is 0 Å². The number of hydrogen-bond donors (Lipinski definition) is 5. The lowest BCUT2D eigenvalue weighted by atomic mass is 10.2. The van der Waals surface area contributed by atoms with E-state index in [9.17, 15) is 5.11 Å². The molecule has 0 saturated carbocycles. The van der Waals surface area contributed by atoms with E-state index in [-0.39, 0.29) is 12.6 Å². The topological polar surface area (TPSA) is 122 Å². The summed E-state index contributed by atoms with van der Waals surface area (Å²) >= 11 is 11.9. The van der Waals surface area contributed by atoms with Crippen molar-refractivity contribution in [1.29, 1.82) is 5.41 Å². The molecule has 0 saturated heterocycles. The maximum atomic E-state index is 10.2. The number of rotatable bonds is 12. The van der Waals surface area contributed by atoms with Crippen LogP contribution in [0, 0.1) is 5.41 Å². The first-order valence-corrected chi connectivity index (χ1v) is 11.2. The highest BCUT2D eigenvalue weighted by Crippen LogP contribution is 2.38. The van der Waals surface area contributed by atoms with Gasteiger partial charge in [-0.2, -0.15) is 0 Å². The van der Waals surface area contributed by atoms with Gasteiger partial charge in [0, 0.05) is 35.7 Å². The van der Waals surface area contributed by atoms with Gasteiger partial charge in [0.15, 0.2) is 17.5 Å². The number of benzene rings is 3. The Morgan fingerprint density at radius 2 is 1.41 bits per heavy atom. The summed E-state index contributed by atoms with van der Waals surface area (Å²) in [5.74, 6) is 2.49. The molecular weight excluding hydrogens is 479 g/mol. The summed E-state index contributed by atoms with van der Waals surface area (Å²) in [6.07, 6.45) is -0.733. The van der Waals surface area contributed by atoms with Gasteiger partial charge in [-0.05, 0) is 60.7 Å². The summed E-state index contributed by atoms with van der Waals surface area (Å²) in [6, 6.07) is 19.1. The minimum Gasteiger partial charge on any atom is -0.491 e. The van der Waals surface area contributed by atoms with Crippen LogP contribution >= 0.6 is 23.2 Å². The van der Waals surface area contributed by atoms with Gasteiger partial charge in [0.1, 0.15) is 30.0 Å². The van der Waals surface area contributed by atoms with Crippen LogP contribution in [0.2, 0.25) is 10.0 Å². The van der Waals surface area contributed by atoms with Crippen molar-refractivity contribution in [3.8, 4) is 28.7 Å². The zero-order valence-electron chi connectivity index (χ0n) is 18.3. The smallest absolute Gasteiger partial charge is 0.185 e. The molecule has 0 aromatic heterocycles. The number of hydrogen-bond acceptors (Lipinski definition) is 6. The van der Waals surface area contributed by atoms with E-state index in [4.69, 9.17) is 48.6 Å². The lowest BCUT2D eigenvalue weighted by Gasteiger charge is -2.16. The Morgan fingerprint density at radius 3 is 2.00 bits per heavy atom. The van der Waals surface area contributed by atoms with E-state index in [2.05, 4.69) is 10.6 Å². The molecule has 0 aliphatic carbocycles. The zero-order valence-corrected chi connectivity index (χ0v) is 19.8. The first-order chi connectivity index (χ1) is 16.4. The average Bonchev–Trinajstić information content (AvgIpc) is 2.81. The molecule has 0 aliphatic rings. The number of halogens is 2. The van der Waals surface area contributed by atoms with Crippen molar-refractivity contribution in [3.05, 3.63) is 76.8 Å². The van der Waals surface area contributed by atoms with Gasteiger partial charge < -0.3 is 35.7 Å². The Balaban J connectivity index is 1.65. The highest BCUT2D eigenvalue weighted by molar-refractivity contribution is 6.30. The summed E-state index contributed by atoms with van der Waals surface area (Å²) in [5.41, 5.74) is 5.22. The molecule has 180 valence electrons. The number of aliphatic hydroxyl groups excluding tert-OH is 1. The average molecular weight is 505 g/mol. The molecule has 0 amide bonds. The van der Waals surface area contributed by atoms with E-state index in [0.29, 0.717) is 58.4 Å². The molecule has 0 radical (unpaired) electrons. The highest BCUT2D eigenvalue weighted by Gasteiger charge is 2.12. The maximum absolute atomic E-state index is 10.2. The van der Waals surface area contributed by atoms with Gasteiger partial charge in [-0.1, -0.05) is 23.2 Å². The van der Waals surface area contributed by atoms with Gasteiger partial charge >= 0.3 is 0 Å². The zero-order chi connectivity index (χ0) is 24.3. The molecule has 3 rings (SSSR count). The summed E-state index contributed by atoms with van der Waals surface area (Å²) in [5, 5.41) is 24.2. The van der Waals surface area contributed by atoms with E-state index in [0.717, 1.165) is 0 Å². The molecule has 34 heavy (non-hydrogen) atoms. The Labute approximate surface area is 208 Å². The van der Waals surface area contributed by atoms with Gasteiger partial charge in [-0.15, -0.1) is 0 Å². The third kappa shape index (κ3) is 8.64. The van der Waals surface area contributed by atoms with Gasteiger partial charge in [0.25, 0.3) is 0 Å². The molecule has 0 bridgehead atoms. The fourth-order valence-electron chi connectivity index (χ4n) is 2.81. The summed E-state index contributed by atoms with van der Waals surface area (Å²) in [7, 11) is 0. The quantitative estimate of drug-likeness (QED) is 0.141. The van der Waals surface area contributed by atoms with Crippen molar-refractivity contribution in [2.45, 2.75) is 6.10 Å². The molecule has 1 atom stereocenters. The Hall–Kier alpha value is -3.17. The Kier molecular flexibility index (Phi) is 9.66. The number of guanidine groups is 1. The normalized spacial score (nSPS) is 11.5. The van der Waals surface area contributed by atoms with Crippen molar-refractivity contribution in [2.24, 2.45) is 5.73 Å². The molecule has 8 nitrogen and oxygen atoms in total. The van der Waals surface area contributed by atoms with Crippen LogP contribution < -0.4 is 30.6 Å². The minimum absolute atomic E-state index is 0.0743. The van der Waals surface area contributed by atoms with E-state index in [1.165, 1.54) is 0 Å². The van der Waals surface area contributed by atoms with Crippen molar-refractivity contribution in [2.75, 3.05) is 26.2 Å². The van der Waals surface area contributed by atoms with Gasteiger partial charge in [-0.3, -0.25) is 5.41 Å². The van der Waals surface area contributed by atoms with Crippen LogP contribution in [0.15, 0.2) is 66.7 Å². The third-order valence-corrected chi connectivity index (χ3v) is 4.94.